The molecule has 1 amide bonds. The molecule has 1 fully saturated rings. The molecule has 0 aromatic heterocycles. The predicted octanol–water partition coefficient (Wildman–Crippen LogP) is 2.74. The molecule has 23 heavy (non-hydrogen) atoms. The number of rotatable bonds is 7. The van der Waals surface area contributed by atoms with Crippen LogP contribution in [0.2, 0.25) is 0 Å². The lowest BCUT2D eigenvalue weighted by Crippen LogP contribution is -2.40. The average molecular weight is 339 g/mol. The van der Waals surface area contributed by atoms with E-state index in [1.54, 1.807) is 29.2 Å². The van der Waals surface area contributed by atoms with Crippen LogP contribution in [-0.2, 0) is 18.4 Å². The third kappa shape index (κ3) is 4.28. The van der Waals surface area contributed by atoms with Gasteiger partial charge >= 0.3 is 7.60 Å². The van der Waals surface area contributed by atoms with Crippen molar-refractivity contribution in [1.29, 1.82) is 0 Å². The lowest BCUT2D eigenvalue weighted by atomic mass is 10.1. The first-order chi connectivity index (χ1) is 11.0. The molecule has 1 aliphatic heterocycles. The number of ketones is 1. The van der Waals surface area contributed by atoms with Crippen molar-refractivity contribution in [2.75, 3.05) is 26.9 Å². The highest BCUT2D eigenvalue weighted by Crippen LogP contribution is 2.47. The molecule has 0 saturated carbocycles. The Kier molecular flexibility index (Phi) is 6.10. The van der Waals surface area contributed by atoms with Gasteiger partial charge in [-0.2, -0.15) is 0 Å². The Bertz CT molecular complexity index is 596. The summed E-state index contributed by atoms with van der Waals surface area (Å²) in [5, 5.41) is 0. The van der Waals surface area contributed by atoms with E-state index in [1.807, 2.05) is 6.07 Å². The summed E-state index contributed by atoms with van der Waals surface area (Å²) in [7, 11) is -0.599. The zero-order valence-electron chi connectivity index (χ0n) is 13.4. The van der Waals surface area contributed by atoms with Crippen LogP contribution in [0, 0.1) is 0 Å². The molecule has 6 nitrogen and oxygen atoms in total. The Labute approximate surface area is 136 Å². The lowest BCUT2D eigenvalue weighted by molar-refractivity contribution is -0.122. The maximum absolute atomic E-state index is 12.5. The molecule has 0 aliphatic carbocycles. The largest absolute Gasteiger partial charge is 0.330 e. The van der Waals surface area contributed by atoms with Crippen molar-refractivity contribution in [1.82, 2.24) is 4.90 Å². The van der Waals surface area contributed by atoms with E-state index < -0.39 is 13.6 Å². The number of carbonyl (C=O) groups is 2. The quantitative estimate of drug-likeness (QED) is 0.714. The van der Waals surface area contributed by atoms with Crippen LogP contribution in [0.1, 0.15) is 29.6 Å². The van der Waals surface area contributed by atoms with Crippen molar-refractivity contribution in [3.63, 3.8) is 0 Å². The van der Waals surface area contributed by atoms with Gasteiger partial charge in [0.05, 0.1) is 12.2 Å². The van der Waals surface area contributed by atoms with E-state index in [0.29, 0.717) is 18.5 Å². The third-order valence-electron chi connectivity index (χ3n) is 4.09. The van der Waals surface area contributed by atoms with Gasteiger partial charge in [0.25, 0.3) is 5.91 Å². The lowest BCUT2D eigenvalue weighted by Gasteiger charge is -2.24. The second-order valence-corrected chi connectivity index (χ2v) is 7.84. The summed E-state index contributed by atoms with van der Waals surface area (Å²) < 4.78 is 21.7. The van der Waals surface area contributed by atoms with Gasteiger partial charge in [-0.1, -0.05) is 18.2 Å². The number of amides is 1. The second-order valence-electron chi connectivity index (χ2n) is 5.44. The molecule has 1 aromatic carbocycles. The van der Waals surface area contributed by atoms with Gasteiger partial charge in [-0.05, 0) is 25.0 Å². The molecule has 0 spiro atoms. The molecule has 1 atom stereocenters. The van der Waals surface area contributed by atoms with Crippen molar-refractivity contribution in [2.24, 2.45) is 0 Å². The molecular weight excluding hydrogens is 317 g/mol. The second kappa shape index (κ2) is 7.86. The minimum Gasteiger partial charge on any atom is -0.329 e. The average Bonchev–Trinajstić information content (AvgIpc) is 3.09. The Morgan fingerprint density at radius 2 is 1.87 bits per heavy atom. The number of nitrogens with zero attached hydrogens (tertiary/aromatic N) is 1. The molecular formula is C16H22NO5P. The van der Waals surface area contributed by atoms with Gasteiger partial charge in [0.15, 0.2) is 5.78 Å². The first kappa shape index (κ1) is 17.9. The van der Waals surface area contributed by atoms with Gasteiger partial charge in [-0.3, -0.25) is 14.2 Å². The molecule has 7 heteroatoms. The molecule has 0 N–H and O–H groups in total. The summed E-state index contributed by atoms with van der Waals surface area (Å²) in [6.45, 7) is 0.566. The van der Waals surface area contributed by atoms with Crippen molar-refractivity contribution in [2.45, 2.75) is 25.3 Å². The fourth-order valence-electron chi connectivity index (χ4n) is 2.76. The van der Waals surface area contributed by atoms with E-state index in [0.717, 1.165) is 6.42 Å². The summed E-state index contributed by atoms with van der Waals surface area (Å²) >= 11 is 0. The molecule has 2 rings (SSSR count). The van der Waals surface area contributed by atoms with E-state index in [-0.39, 0.29) is 24.3 Å². The van der Waals surface area contributed by atoms with E-state index in [1.165, 1.54) is 14.2 Å². The van der Waals surface area contributed by atoms with Gasteiger partial charge in [0.2, 0.25) is 0 Å². The van der Waals surface area contributed by atoms with Gasteiger partial charge in [0.1, 0.15) is 0 Å². The number of hydrogen-bond acceptors (Lipinski definition) is 5. The first-order valence-corrected chi connectivity index (χ1v) is 9.33. The Balaban J connectivity index is 2.02. The minimum absolute atomic E-state index is 0.0305. The maximum Gasteiger partial charge on any atom is 0.330 e. The summed E-state index contributed by atoms with van der Waals surface area (Å²) in [6, 6.07) is 8.47. The van der Waals surface area contributed by atoms with E-state index in [2.05, 4.69) is 0 Å². The molecule has 126 valence electrons. The molecule has 1 heterocycles. The number of benzene rings is 1. The SMILES string of the molecule is COP(=O)(CCC(=O)[C@@H]1CCCN1C(=O)c1ccccc1)OC. The highest BCUT2D eigenvalue weighted by molar-refractivity contribution is 7.53. The number of Topliss-reactive ketones (excluding diaryl/α,β-unsaturated/α-hetero) is 1. The minimum atomic E-state index is -3.20. The Hall–Kier alpha value is -1.49. The predicted molar refractivity (Wildman–Crippen MR) is 86.6 cm³/mol. The summed E-state index contributed by atoms with van der Waals surface area (Å²) in [6.07, 6.45) is 1.54. The molecule has 0 unspecified atom stereocenters. The fraction of sp³-hybridized carbons (Fsp3) is 0.500. The van der Waals surface area contributed by atoms with E-state index >= 15 is 0 Å². The van der Waals surface area contributed by atoms with Crippen molar-refractivity contribution >= 4 is 19.3 Å². The molecule has 1 aromatic rings. The van der Waals surface area contributed by atoms with Gasteiger partial charge in [-0.15, -0.1) is 0 Å². The smallest absolute Gasteiger partial charge is 0.329 e. The topological polar surface area (TPSA) is 72.9 Å². The molecule has 1 aliphatic rings. The molecule has 0 radical (unpaired) electrons. The van der Waals surface area contributed by atoms with Crippen LogP contribution in [0.3, 0.4) is 0 Å². The van der Waals surface area contributed by atoms with Crippen molar-refractivity contribution < 1.29 is 23.2 Å². The normalized spacial score (nSPS) is 18.2. The van der Waals surface area contributed by atoms with Crippen LogP contribution < -0.4 is 0 Å². The summed E-state index contributed by atoms with van der Waals surface area (Å²) in [5.41, 5.74) is 0.576. The number of likely N-dealkylation sites (tertiary alicyclic amines) is 1. The molecule has 0 bridgehead atoms. The monoisotopic (exact) mass is 339 g/mol. The van der Waals surface area contributed by atoms with Crippen LogP contribution in [0.15, 0.2) is 30.3 Å². The van der Waals surface area contributed by atoms with Gasteiger partial charge in [-0.25, -0.2) is 0 Å². The maximum atomic E-state index is 12.5. The van der Waals surface area contributed by atoms with E-state index in [4.69, 9.17) is 9.05 Å². The van der Waals surface area contributed by atoms with Crippen LogP contribution in [0.5, 0.6) is 0 Å². The fourth-order valence-corrected chi connectivity index (χ4v) is 3.77. The van der Waals surface area contributed by atoms with E-state index in [9.17, 15) is 14.2 Å². The standard InChI is InChI=1S/C16H22NO5P/c1-21-23(20,22-2)12-10-15(18)14-9-6-11-17(14)16(19)13-7-4-3-5-8-13/h3-5,7-8,14H,6,9-12H2,1-2H3/t14-/m0/s1. The third-order valence-corrected chi connectivity index (χ3v) is 5.98. The van der Waals surface area contributed by atoms with Crippen LogP contribution in [-0.4, -0.2) is 49.6 Å². The van der Waals surface area contributed by atoms with Crippen LogP contribution in [0.4, 0.5) is 0 Å². The number of hydrogen-bond donors (Lipinski definition) is 0. The highest BCUT2D eigenvalue weighted by Gasteiger charge is 2.35. The Morgan fingerprint density at radius 1 is 1.22 bits per heavy atom. The zero-order valence-corrected chi connectivity index (χ0v) is 14.3. The highest BCUT2D eigenvalue weighted by atomic mass is 31.2. The first-order valence-electron chi connectivity index (χ1n) is 7.60. The number of carbonyl (C=O) groups excluding carboxylic acids is 2. The Morgan fingerprint density at radius 3 is 2.48 bits per heavy atom. The summed E-state index contributed by atoms with van der Waals surface area (Å²) in [4.78, 5) is 26.6. The zero-order chi connectivity index (χ0) is 16.9. The summed E-state index contributed by atoms with van der Waals surface area (Å²) in [5.74, 6) is -0.232. The van der Waals surface area contributed by atoms with Crippen molar-refractivity contribution in [3.8, 4) is 0 Å². The van der Waals surface area contributed by atoms with Crippen molar-refractivity contribution in [3.05, 3.63) is 35.9 Å². The molecule has 1 saturated heterocycles. The van der Waals surface area contributed by atoms with Crippen LogP contribution >= 0.6 is 7.60 Å². The van der Waals surface area contributed by atoms with Gasteiger partial charge in [0, 0.05) is 32.7 Å². The van der Waals surface area contributed by atoms with Gasteiger partial charge < -0.3 is 13.9 Å². The van der Waals surface area contributed by atoms with Crippen LogP contribution in [0.25, 0.3) is 0 Å².